The summed E-state index contributed by atoms with van der Waals surface area (Å²) in [5, 5.41) is 9.02. The summed E-state index contributed by atoms with van der Waals surface area (Å²) in [7, 11) is 0. The van der Waals surface area contributed by atoms with E-state index in [1.165, 1.54) is 0 Å². The minimum absolute atomic E-state index is 0.00523. The quantitative estimate of drug-likeness (QED) is 0.336. The lowest BCUT2D eigenvalue weighted by Crippen LogP contribution is -2.17. The molecule has 0 aliphatic carbocycles. The first-order chi connectivity index (χ1) is 16.7. The van der Waals surface area contributed by atoms with E-state index in [2.05, 4.69) is 34.2 Å². The molecule has 4 aromatic rings. The smallest absolute Gasteiger partial charge is 0.119 e. The molecule has 0 spiro atoms. The average Bonchev–Trinajstić information content (AvgIpc) is 2.88. The molecule has 0 radical (unpaired) electrons. The highest BCUT2D eigenvalue weighted by Gasteiger charge is 2.09. The van der Waals surface area contributed by atoms with Crippen LogP contribution in [0.4, 0.5) is 0 Å². The van der Waals surface area contributed by atoms with Crippen LogP contribution in [-0.4, -0.2) is 46.0 Å². The molecule has 0 saturated carbocycles. The molecule has 6 nitrogen and oxygen atoms in total. The summed E-state index contributed by atoms with van der Waals surface area (Å²) in [5.41, 5.74) is 6.09. The number of aliphatic hydroxyl groups is 1. The highest BCUT2D eigenvalue weighted by atomic mass is 16.5. The van der Waals surface area contributed by atoms with Crippen molar-refractivity contribution in [2.24, 2.45) is 0 Å². The van der Waals surface area contributed by atoms with Gasteiger partial charge in [-0.05, 0) is 66.6 Å². The summed E-state index contributed by atoms with van der Waals surface area (Å²) in [5.74, 6) is 0.778. The fourth-order valence-electron chi connectivity index (χ4n) is 3.58. The van der Waals surface area contributed by atoms with Crippen molar-refractivity contribution < 1.29 is 14.6 Å². The van der Waals surface area contributed by atoms with Crippen molar-refractivity contribution in [2.75, 3.05) is 19.8 Å². The summed E-state index contributed by atoms with van der Waals surface area (Å²) in [6.07, 6.45) is 4.76. The van der Waals surface area contributed by atoms with Gasteiger partial charge in [0.15, 0.2) is 0 Å². The summed E-state index contributed by atoms with van der Waals surface area (Å²) in [6, 6.07) is 24.1. The van der Waals surface area contributed by atoms with Gasteiger partial charge in [-0.2, -0.15) is 0 Å². The highest BCUT2D eigenvalue weighted by Crippen LogP contribution is 2.25. The fourth-order valence-corrected chi connectivity index (χ4v) is 3.58. The zero-order valence-corrected chi connectivity index (χ0v) is 19.3. The van der Waals surface area contributed by atoms with Crippen LogP contribution in [0.25, 0.3) is 11.1 Å². The van der Waals surface area contributed by atoms with Crippen molar-refractivity contribution in [1.82, 2.24) is 15.0 Å². The van der Waals surface area contributed by atoms with Gasteiger partial charge in [0.1, 0.15) is 12.4 Å². The standard InChI is InChI=1S/C28H29N3O3/c1-21(20-32)33-14-15-34-28-10-8-22(9-11-28)23-16-26(18-24-6-2-4-12-29-24)31-27(17-23)19-25-7-3-5-13-30-25/h2-13,16-17,21,32H,14-15,18-20H2,1H3. The Morgan fingerprint density at radius 1 is 0.735 bits per heavy atom. The van der Waals surface area contributed by atoms with Crippen molar-refractivity contribution in [3.63, 3.8) is 0 Å². The van der Waals surface area contributed by atoms with Crippen molar-refractivity contribution in [3.8, 4) is 16.9 Å². The van der Waals surface area contributed by atoms with E-state index in [0.717, 1.165) is 39.7 Å². The third-order valence-corrected chi connectivity index (χ3v) is 5.31. The maximum atomic E-state index is 9.02. The number of benzene rings is 1. The van der Waals surface area contributed by atoms with Gasteiger partial charge in [-0.25, -0.2) is 0 Å². The topological polar surface area (TPSA) is 77.4 Å². The van der Waals surface area contributed by atoms with Gasteiger partial charge in [-0.15, -0.1) is 0 Å². The Labute approximate surface area is 200 Å². The Morgan fingerprint density at radius 3 is 1.88 bits per heavy atom. The van der Waals surface area contributed by atoms with Crippen molar-refractivity contribution in [1.29, 1.82) is 0 Å². The molecule has 3 heterocycles. The number of pyridine rings is 3. The molecule has 1 unspecified atom stereocenters. The van der Waals surface area contributed by atoms with Gasteiger partial charge in [-0.3, -0.25) is 15.0 Å². The van der Waals surface area contributed by atoms with Gasteiger partial charge in [-0.1, -0.05) is 24.3 Å². The molecule has 0 amide bonds. The summed E-state index contributed by atoms with van der Waals surface area (Å²) >= 11 is 0. The fraction of sp³-hybridized carbons (Fsp3) is 0.250. The molecule has 1 N–H and O–H groups in total. The molecule has 6 heteroatoms. The molecule has 34 heavy (non-hydrogen) atoms. The van der Waals surface area contributed by atoms with Gasteiger partial charge < -0.3 is 14.6 Å². The maximum Gasteiger partial charge on any atom is 0.119 e. The zero-order chi connectivity index (χ0) is 23.6. The third kappa shape index (κ3) is 6.94. The molecular weight excluding hydrogens is 426 g/mol. The molecule has 0 aliphatic heterocycles. The van der Waals surface area contributed by atoms with Crippen molar-refractivity contribution in [2.45, 2.75) is 25.9 Å². The maximum absolute atomic E-state index is 9.02. The van der Waals surface area contributed by atoms with E-state index in [-0.39, 0.29) is 12.7 Å². The third-order valence-electron chi connectivity index (χ3n) is 5.31. The van der Waals surface area contributed by atoms with Crippen LogP contribution in [0.1, 0.15) is 29.7 Å². The number of aliphatic hydroxyl groups excluding tert-OH is 1. The molecule has 0 aliphatic rings. The minimum Gasteiger partial charge on any atom is -0.491 e. The lowest BCUT2D eigenvalue weighted by molar-refractivity contribution is 0.0110. The van der Waals surface area contributed by atoms with E-state index >= 15 is 0 Å². The van der Waals surface area contributed by atoms with Crippen LogP contribution in [-0.2, 0) is 17.6 Å². The molecule has 1 atom stereocenters. The van der Waals surface area contributed by atoms with Gasteiger partial charge in [0.25, 0.3) is 0 Å². The van der Waals surface area contributed by atoms with E-state index in [9.17, 15) is 0 Å². The lowest BCUT2D eigenvalue weighted by atomic mass is 10.0. The van der Waals surface area contributed by atoms with Gasteiger partial charge >= 0.3 is 0 Å². The molecule has 4 rings (SSSR count). The van der Waals surface area contributed by atoms with Gasteiger partial charge in [0, 0.05) is 48.0 Å². The molecule has 0 bridgehead atoms. The van der Waals surface area contributed by atoms with Crippen LogP contribution >= 0.6 is 0 Å². The van der Waals surface area contributed by atoms with E-state index in [1.54, 1.807) is 0 Å². The average molecular weight is 456 g/mol. The number of hydrogen-bond donors (Lipinski definition) is 1. The first-order valence-corrected chi connectivity index (χ1v) is 11.4. The van der Waals surface area contributed by atoms with Gasteiger partial charge in [0.2, 0.25) is 0 Å². The van der Waals surface area contributed by atoms with Crippen LogP contribution in [0.5, 0.6) is 5.75 Å². The second kappa shape index (κ2) is 12.0. The molecular formula is C28H29N3O3. The number of nitrogens with zero attached hydrogens (tertiary/aromatic N) is 3. The summed E-state index contributed by atoms with van der Waals surface area (Å²) in [6.45, 7) is 2.70. The van der Waals surface area contributed by atoms with Crippen LogP contribution in [0.2, 0.25) is 0 Å². The van der Waals surface area contributed by atoms with Crippen molar-refractivity contribution in [3.05, 3.63) is 108 Å². The lowest BCUT2D eigenvalue weighted by Gasteiger charge is -2.12. The first kappa shape index (κ1) is 23.5. The SMILES string of the molecule is CC(CO)OCCOc1ccc(-c2cc(Cc3ccccn3)nc(Cc3ccccn3)c2)cc1. The summed E-state index contributed by atoms with van der Waals surface area (Å²) < 4.78 is 11.2. The second-order valence-corrected chi connectivity index (χ2v) is 8.07. The monoisotopic (exact) mass is 455 g/mol. The van der Waals surface area contributed by atoms with Crippen LogP contribution < -0.4 is 4.74 Å². The Bertz CT molecular complexity index is 1090. The number of aromatic nitrogens is 3. The van der Waals surface area contributed by atoms with Crippen LogP contribution in [0.3, 0.4) is 0 Å². The Morgan fingerprint density at radius 2 is 1.35 bits per heavy atom. The Kier molecular flexibility index (Phi) is 8.32. The highest BCUT2D eigenvalue weighted by molar-refractivity contribution is 5.65. The molecule has 174 valence electrons. The van der Waals surface area contributed by atoms with E-state index in [1.807, 2.05) is 67.8 Å². The Hall–Kier alpha value is -3.61. The largest absolute Gasteiger partial charge is 0.491 e. The number of hydrogen-bond acceptors (Lipinski definition) is 6. The zero-order valence-electron chi connectivity index (χ0n) is 19.3. The van der Waals surface area contributed by atoms with Crippen LogP contribution in [0.15, 0.2) is 85.2 Å². The predicted molar refractivity (Wildman–Crippen MR) is 132 cm³/mol. The van der Waals surface area contributed by atoms with E-state index < -0.39 is 0 Å². The van der Waals surface area contributed by atoms with E-state index in [0.29, 0.717) is 26.1 Å². The molecule has 1 aromatic carbocycles. The number of ether oxygens (including phenoxy) is 2. The van der Waals surface area contributed by atoms with Crippen molar-refractivity contribution >= 4 is 0 Å². The molecule has 0 fully saturated rings. The first-order valence-electron chi connectivity index (χ1n) is 11.4. The second-order valence-electron chi connectivity index (χ2n) is 8.07. The number of rotatable bonds is 11. The predicted octanol–water partition coefficient (Wildman–Crippen LogP) is 4.50. The molecule has 3 aromatic heterocycles. The van der Waals surface area contributed by atoms with E-state index in [4.69, 9.17) is 19.6 Å². The van der Waals surface area contributed by atoms with Crippen LogP contribution in [0, 0.1) is 0 Å². The van der Waals surface area contributed by atoms with Gasteiger partial charge in [0.05, 0.1) is 19.3 Å². The summed E-state index contributed by atoms with van der Waals surface area (Å²) in [4.78, 5) is 13.8. The molecule has 0 saturated heterocycles. The Balaban J connectivity index is 1.52. The normalized spacial score (nSPS) is 11.8. The minimum atomic E-state index is -0.182.